The van der Waals surface area contributed by atoms with E-state index in [-0.39, 0.29) is 4.90 Å². The molecular weight excluding hydrogens is 402 g/mol. The molecule has 29 heavy (non-hydrogen) atoms. The summed E-state index contributed by atoms with van der Waals surface area (Å²) in [7, 11) is -2.56. The number of sulfonamides is 1. The average Bonchev–Trinajstić information content (AvgIpc) is 2.68. The molecule has 1 rings (SSSR count). The molecule has 11 heteroatoms. The van der Waals surface area contributed by atoms with Crippen molar-refractivity contribution < 1.29 is 32.3 Å². The first-order valence-corrected chi connectivity index (χ1v) is 10.5. The van der Waals surface area contributed by atoms with Crippen LogP contribution in [0, 0.1) is 5.92 Å². The monoisotopic (exact) mass is 429 g/mol. The Morgan fingerprint density at radius 2 is 1.72 bits per heavy atom. The number of esters is 1. The highest BCUT2D eigenvalue weighted by Gasteiger charge is 2.30. The van der Waals surface area contributed by atoms with Crippen LogP contribution in [0.1, 0.15) is 27.2 Å². The number of methoxy groups -OCH3 is 1. The largest absolute Gasteiger partial charge is 0.497 e. The van der Waals surface area contributed by atoms with Crippen LogP contribution in [-0.2, 0) is 24.3 Å². The maximum Gasteiger partial charge on any atom is 0.324 e. The van der Waals surface area contributed by atoms with Gasteiger partial charge in [-0.25, -0.2) is 13.2 Å². The van der Waals surface area contributed by atoms with Gasteiger partial charge in [0.1, 0.15) is 11.8 Å². The van der Waals surface area contributed by atoms with E-state index in [2.05, 4.69) is 10.0 Å². The van der Waals surface area contributed by atoms with E-state index in [1.165, 1.54) is 31.4 Å². The number of carbonyl (C=O) groups excluding carboxylic acids is 3. The van der Waals surface area contributed by atoms with Crippen molar-refractivity contribution in [2.45, 2.75) is 38.1 Å². The molecular formula is C18H27N3O7S. The molecule has 0 saturated carbocycles. The number of benzene rings is 1. The molecule has 0 aliphatic heterocycles. The molecule has 1 aromatic carbocycles. The quantitative estimate of drug-likeness (QED) is 0.467. The predicted octanol–water partition coefficient (Wildman–Crippen LogP) is 0.777. The Bertz CT molecular complexity index is 807. The predicted molar refractivity (Wildman–Crippen MR) is 105 cm³/mol. The smallest absolute Gasteiger partial charge is 0.324 e. The third-order valence-corrected chi connectivity index (χ3v) is 5.16. The van der Waals surface area contributed by atoms with Crippen molar-refractivity contribution in [3.05, 3.63) is 24.3 Å². The number of rotatable bonds is 10. The first-order valence-electron chi connectivity index (χ1n) is 9.01. The van der Waals surface area contributed by atoms with Crippen LogP contribution in [0.15, 0.2) is 29.2 Å². The Morgan fingerprint density at radius 3 is 2.24 bits per heavy atom. The van der Waals surface area contributed by atoms with Gasteiger partial charge in [-0.2, -0.15) is 4.72 Å². The molecule has 10 nitrogen and oxygen atoms in total. The van der Waals surface area contributed by atoms with Gasteiger partial charge in [-0.05, 0) is 36.6 Å². The van der Waals surface area contributed by atoms with Gasteiger partial charge in [-0.15, -0.1) is 0 Å². The first kappa shape index (κ1) is 24.4. The molecule has 0 heterocycles. The van der Waals surface area contributed by atoms with Crippen molar-refractivity contribution in [2.24, 2.45) is 5.92 Å². The highest BCUT2D eigenvalue weighted by Crippen LogP contribution is 2.17. The molecule has 3 amide bonds. The van der Waals surface area contributed by atoms with E-state index < -0.39 is 46.5 Å². The lowest BCUT2D eigenvalue weighted by molar-refractivity contribution is -0.150. The fraction of sp³-hybridized carbons (Fsp3) is 0.500. The topological polar surface area (TPSA) is 140 Å². The second-order valence-corrected chi connectivity index (χ2v) is 8.14. The molecule has 0 aliphatic carbocycles. The maximum atomic E-state index is 12.5. The third kappa shape index (κ3) is 8.08. The second-order valence-electron chi connectivity index (χ2n) is 6.43. The summed E-state index contributed by atoms with van der Waals surface area (Å²) in [6, 6.07) is 3.71. The number of imide groups is 1. The zero-order valence-electron chi connectivity index (χ0n) is 16.9. The van der Waals surface area contributed by atoms with Gasteiger partial charge in [-0.1, -0.05) is 20.8 Å². The number of nitrogens with one attached hydrogen (secondary N) is 3. The third-order valence-electron chi connectivity index (χ3n) is 3.71. The van der Waals surface area contributed by atoms with Crippen LogP contribution in [-0.4, -0.2) is 52.6 Å². The van der Waals surface area contributed by atoms with E-state index in [0.717, 1.165) is 0 Å². The SMILES string of the molecule is CCCNC(=O)NC(=O)COC(=O)C(NS(=O)(=O)c1ccc(OC)cc1)C(C)C. The Kier molecular flexibility index (Phi) is 9.56. The molecule has 1 aromatic rings. The van der Waals surface area contributed by atoms with Gasteiger partial charge in [0.15, 0.2) is 6.61 Å². The fourth-order valence-corrected chi connectivity index (χ4v) is 3.45. The summed E-state index contributed by atoms with van der Waals surface area (Å²) < 4.78 is 37.2. The molecule has 3 N–H and O–H groups in total. The molecule has 0 fully saturated rings. The van der Waals surface area contributed by atoms with Gasteiger partial charge in [0.25, 0.3) is 5.91 Å². The van der Waals surface area contributed by atoms with Gasteiger partial charge >= 0.3 is 12.0 Å². The molecule has 0 saturated heterocycles. The van der Waals surface area contributed by atoms with Gasteiger partial charge in [0.05, 0.1) is 12.0 Å². The number of urea groups is 1. The number of carbonyl (C=O) groups is 3. The average molecular weight is 429 g/mol. The van der Waals surface area contributed by atoms with Crippen LogP contribution in [0.25, 0.3) is 0 Å². The van der Waals surface area contributed by atoms with Crippen molar-refractivity contribution in [3.8, 4) is 5.75 Å². The van der Waals surface area contributed by atoms with Crippen molar-refractivity contribution in [2.75, 3.05) is 20.3 Å². The van der Waals surface area contributed by atoms with E-state index in [1.54, 1.807) is 13.8 Å². The Hall–Kier alpha value is -2.66. The van der Waals surface area contributed by atoms with Crippen molar-refractivity contribution >= 4 is 27.9 Å². The normalized spacial score (nSPS) is 12.2. The summed E-state index contributed by atoms with van der Waals surface area (Å²) in [5, 5.41) is 4.44. The van der Waals surface area contributed by atoms with E-state index in [0.29, 0.717) is 18.7 Å². The lowest BCUT2D eigenvalue weighted by Gasteiger charge is -2.20. The molecule has 0 radical (unpaired) electrons. The van der Waals surface area contributed by atoms with Gasteiger partial charge in [-0.3, -0.25) is 14.9 Å². The number of ether oxygens (including phenoxy) is 2. The summed E-state index contributed by atoms with van der Waals surface area (Å²) in [5.74, 6) is -1.72. The summed E-state index contributed by atoms with van der Waals surface area (Å²) in [6.07, 6.45) is 0.695. The maximum absolute atomic E-state index is 12.5. The van der Waals surface area contributed by atoms with Crippen LogP contribution in [0.3, 0.4) is 0 Å². The lowest BCUT2D eigenvalue weighted by Crippen LogP contribution is -2.47. The molecule has 0 aromatic heterocycles. The highest BCUT2D eigenvalue weighted by molar-refractivity contribution is 7.89. The van der Waals surface area contributed by atoms with Crippen molar-refractivity contribution in [1.82, 2.24) is 15.4 Å². The summed E-state index contributed by atoms with van der Waals surface area (Å²) in [4.78, 5) is 35.3. The van der Waals surface area contributed by atoms with E-state index in [4.69, 9.17) is 9.47 Å². The molecule has 0 spiro atoms. The summed E-state index contributed by atoms with van der Waals surface area (Å²) >= 11 is 0. The number of amides is 3. The zero-order chi connectivity index (χ0) is 22.0. The van der Waals surface area contributed by atoms with Crippen LogP contribution in [0.5, 0.6) is 5.75 Å². The summed E-state index contributed by atoms with van der Waals surface area (Å²) in [6.45, 7) is 4.78. The Morgan fingerprint density at radius 1 is 1.10 bits per heavy atom. The lowest BCUT2D eigenvalue weighted by atomic mass is 10.1. The van der Waals surface area contributed by atoms with E-state index in [1.807, 2.05) is 12.2 Å². The first-order chi connectivity index (χ1) is 13.6. The minimum atomic E-state index is -4.01. The van der Waals surface area contributed by atoms with Crippen LogP contribution in [0.4, 0.5) is 4.79 Å². The van der Waals surface area contributed by atoms with E-state index >= 15 is 0 Å². The van der Waals surface area contributed by atoms with E-state index in [9.17, 15) is 22.8 Å². The molecule has 0 bridgehead atoms. The van der Waals surface area contributed by atoms with Crippen LogP contribution < -0.4 is 20.1 Å². The second kappa shape index (κ2) is 11.4. The summed E-state index contributed by atoms with van der Waals surface area (Å²) in [5.41, 5.74) is 0. The molecule has 162 valence electrons. The van der Waals surface area contributed by atoms with Crippen molar-refractivity contribution in [1.29, 1.82) is 0 Å². The highest BCUT2D eigenvalue weighted by atomic mass is 32.2. The van der Waals surface area contributed by atoms with Crippen LogP contribution >= 0.6 is 0 Å². The molecule has 0 aliphatic rings. The fourth-order valence-electron chi connectivity index (χ4n) is 2.12. The number of hydrogen-bond acceptors (Lipinski definition) is 7. The minimum absolute atomic E-state index is 0.0536. The number of hydrogen-bond donors (Lipinski definition) is 3. The molecule has 1 atom stereocenters. The van der Waals surface area contributed by atoms with Crippen molar-refractivity contribution in [3.63, 3.8) is 0 Å². The standard InChI is InChI=1S/C18H27N3O7S/c1-5-10-19-18(24)20-15(22)11-28-17(23)16(12(2)3)21-29(25,26)14-8-6-13(27-4)7-9-14/h6-9,12,16,21H,5,10-11H2,1-4H3,(H2,19,20,22,24). The van der Waals surface area contributed by atoms with Gasteiger partial charge in [0.2, 0.25) is 10.0 Å². The zero-order valence-corrected chi connectivity index (χ0v) is 17.7. The minimum Gasteiger partial charge on any atom is -0.497 e. The van der Waals surface area contributed by atoms with Gasteiger partial charge in [0, 0.05) is 6.54 Å². The van der Waals surface area contributed by atoms with Gasteiger partial charge < -0.3 is 14.8 Å². The molecule has 1 unspecified atom stereocenters. The Balaban J connectivity index is 2.72. The Labute approximate surface area is 170 Å². The van der Waals surface area contributed by atoms with Crippen LogP contribution in [0.2, 0.25) is 0 Å².